The lowest BCUT2D eigenvalue weighted by Crippen LogP contribution is -2.48. The number of carbonyl (C=O) groups excluding carboxylic acids is 1. The van der Waals surface area contributed by atoms with Gasteiger partial charge in [0.1, 0.15) is 0 Å². The van der Waals surface area contributed by atoms with E-state index in [9.17, 15) is 4.79 Å². The van der Waals surface area contributed by atoms with Crippen molar-refractivity contribution in [3.63, 3.8) is 0 Å². The summed E-state index contributed by atoms with van der Waals surface area (Å²) in [6.07, 6.45) is 2.33. The van der Waals surface area contributed by atoms with Crippen molar-refractivity contribution in [3.8, 4) is 0 Å². The summed E-state index contributed by atoms with van der Waals surface area (Å²) in [5, 5.41) is 0. The van der Waals surface area contributed by atoms with Gasteiger partial charge in [-0.2, -0.15) is 0 Å². The maximum Gasteiger partial charge on any atom is 0.225 e. The quantitative estimate of drug-likeness (QED) is 0.703. The molecule has 2 atom stereocenters. The Labute approximate surface area is 91.8 Å². The van der Waals surface area contributed by atoms with Gasteiger partial charge in [-0.25, -0.2) is 0 Å². The maximum atomic E-state index is 11.8. The van der Waals surface area contributed by atoms with Gasteiger partial charge in [-0.1, -0.05) is 0 Å². The third-order valence-electron chi connectivity index (χ3n) is 2.90. The van der Waals surface area contributed by atoms with E-state index in [1.54, 1.807) is 0 Å². The number of hydrogen-bond acceptors (Lipinski definition) is 3. The minimum atomic E-state index is 0.197. The summed E-state index contributed by atoms with van der Waals surface area (Å²) in [6, 6.07) is 0.541. The van der Waals surface area contributed by atoms with Crippen LogP contribution < -0.4 is 5.73 Å². The number of amides is 1. The van der Waals surface area contributed by atoms with Gasteiger partial charge >= 0.3 is 0 Å². The molecular formula is C11H22N2O2. The Balaban J connectivity index is 2.32. The molecule has 0 aliphatic carbocycles. The highest BCUT2D eigenvalue weighted by Gasteiger charge is 2.26. The van der Waals surface area contributed by atoms with E-state index in [-0.39, 0.29) is 18.0 Å². The molecule has 2 N–H and O–H groups in total. The highest BCUT2D eigenvalue weighted by Crippen LogP contribution is 2.16. The van der Waals surface area contributed by atoms with Crippen molar-refractivity contribution in [3.05, 3.63) is 0 Å². The fourth-order valence-corrected chi connectivity index (χ4v) is 2.03. The Morgan fingerprint density at radius 2 is 2.33 bits per heavy atom. The van der Waals surface area contributed by atoms with Crippen LogP contribution in [0.15, 0.2) is 0 Å². The molecule has 15 heavy (non-hydrogen) atoms. The molecule has 0 radical (unpaired) electrons. The molecule has 4 heteroatoms. The Hall–Kier alpha value is -0.610. The predicted octanol–water partition coefficient (Wildman–Crippen LogP) is 0.751. The average Bonchev–Trinajstić information content (AvgIpc) is 2.17. The Bertz CT molecular complexity index is 209. The van der Waals surface area contributed by atoms with Crippen molar-refractivity contribution in [1.29, 1.82) is 0 Å². The molecule has 0 bridgehead atoms. The maximum absolute atomic E-state index is 11.8. The van der Waals surface area contributed by atoms with Gasteiger partial charge in [0.2, 0.25) is 5.91 Å². The molecule has 1 rings (SSSR count). The van der Waals surface area contributed by atoms with Gasteiger partial charge in [-0.15, -0.1) is 0 Å². The zero-order chi connectivity index (χ0) is 11.3. The fourth-order valence-electron chi connectivity index (χ4n) is 2.03. The summed E-state index contributed by atoms with van der Waals surface area (Å²) in [5.41, 5.74) is 5.85. The summed E-state index contributed by atoms with van der Waals surface area (Å²) >= 11 is 0. The smallest absolute Gasteiger partial charge is 0.225 e. The molecule has 88 valence electrons. The van der Waals surface area contributed by atoms with Crippen LogP contribution in [0.4, 0.5) is 0 Å². The van der Waals surface area contributed by atoms with Crippen molar-refractivity contribution in [2.24, 2.45) is 5.73 Å². The minimum Gasteiger partial charge on any atom is -0.381 e. The van der Waals surface area contributed by atoms with E-state index in [4.69, 9.17) is 10.5 Å². The van der Waals surface area contributed by atoms with Crippen LogP contribution in [0.1, 0.15) is 33.1 Å². The second-order valence-electron chi connectivity index (χ2n) is 4.17. The molecule has 0 aromatic heterocycles. The van der Waals surface area contributed by atoms with Gasteiger partial charge in [0, 0.05) is 25.2 Å². The van der Waals surface area contributed by atoms with Gasteiger partial charge < -0.3 is 15.4 Å². The lowest BCUT2D eigenvalue weighted by molar-refractivity contribution is -0.135. The number of piperidine rings is 1. The highest BCUT2D eigenvalue weighted by atomic mass is 16.5. The summed E-state index contributed by atoms with van der Waals surface area (Å²) in [6.45, 7) is 6.01. The van der Waals surface area contributed by atoms with Gasteiger partial charge in [-0.05, 0) is 26.7 Å². The van der Waals surface area contributed by atoms with Gasteiger partial charge in [0.15, 0.2) is 0 Å². The average molecular weight is 214 g/mol. The second-order valence-corrected chi connectivity index (χ2v) is 4.17. The molecule has 0 aromatic rings. The second kappa shape index (κ2) is 6.08. The number of nitrogens with zero attached hydrogens (tertiary/aromatic N) is 1. The number of nitrogens with two attached hydrogens (primary N) is 1. The van der Waals surface area contributed by atoms with Crippen LogP contribution in [-0.4, -0.2) is 42.6 Å². The first-order chi connectivity index (χ1) is 7.15. The van der Waals surface area contributed by atoms with E-state index in [0.29, 0.717) is 19.6 Å². The van der Waals surface area contributed by atoms with Gasteiger partial charge in [-0.3, -0.25) is 4.79 Å². The molecule has 1 fully saturated rings. The first kappa shape index (κ1) is 12.5. The molecule has 1 saturated heterocycles. The molecule has 1 heterocycles. The number of ether oxygens (including phenoxy) is 1. The lowest BCUT2D eigenvalue weighted by atomic mass is 9.99. The van der Waals surface area contributed by atoms with Crippen LogP contribution >= 0.6 is 0 Å². The third kappa shape index (κ3) is 3.80. The summed E-state index contributed by atoms with van der Waals surface area (Å²) in [7, 11) is 0. The van der Waals surface area contributed by atoms with E-state index in [2.05, 4.69) is 6.92 Å². The molecule has 0 aromatic carbocycles. The number of rotatable bonds is 4. The summed E-state index contributed by atoms with van der Waals surface area (Å²) in [4.78, 5) is 13.7. The van der Waals surface area contributed by atoms with E-state index < -0.39 is 0 Å². The van der Waals surface area contributed by atoms with E-state index >= 15 is 0 Å². The van der Waals surface area contributed by atoms with Crippen LogP contribution in [-0.2, 0) is 9.53 Å². The van der Waals surface area contributed by atoms with Crippen molar-refractivity contribution < 1.29 is 9.53 Å². The Morgan fingerprint density at radius 3 is 2.93 bits per heavy atom. The normalized spacial score (nSPS) is 26.7. The summed E-state index contributed by atoms with van der Waals surface area (Å²) in [5.74, 6) is 0.197. The Kier molecular flexibility index (Phi) is 5.05. The van der Waals surface area contributed by atoms with Gasteiger partial charge in [0.05, 0.1) is 13.0 Å². The first-order valence-electron chi connectivity index (χ1n) is 5.78. The molecule has 0 spiro atoms. The molecule has 0 saturated carbocycles. The molecule has 4 nitrogen and oxygen atoms in total. The van der Waals surface area contributed by atoms with Gasteiger partial charge in [0.25, 0.3) is 0 Å². The zero-order valence-corrected chi connectivity index (χ0v) is 9.74. The van der Waals surface area contributed by atoms with Crippen LogP contribution in [0.5, 0.6) is 0 Å². The van der Waals surface area contributed by atoms with Crippen molar-refractivity contribution >= 4 is 5.91 Å². The first-order valence-corrected chi connectivity index (χ1v) is 5.78. The number of carbonyl (C=O) groups is 1. The monoisotopic (exact) mass is 214 g/mol. The highest BCUT2D eigenvalue weighted by molar-refractivity contribution is 5.76. The van der Waals surface area contributed by atoms with E-state index in [0.717, 1.165) is 19.4 Å². The van der Waals surface area contributed by atoms with Crippen LogP contribution in [0.3, 0.4) is 0 Å². The third-order valence-corrected chi connectivity index (χ3v) is 2.90. The largest absolute Gasteiger partial charge is 0.381 e. The minimum absolute atomic E-state index is 0.197. The SMILES string of the molecule is CCOCCC(=O)N1CCC(N)CC1C. The van der Waals surface area contributed by atoms with E-state index in [1.807, 2.05) is 11.8 Å². The summed E-state index contributed by atoms with van der Waals surface area (Å²) < 4.78 is 5.18. The molecular weight excluding hydrogens is 192 g/mol. The van der Waals surface area contributed by atoms with Crippen molar-refractivity contribution in [2.45, 2.75) is 45.2 Å². The lowest BCUT2D eigenvalue weighted by Gasteiger charge is -2.36. The fraction of sp³-hybridized carbons (Fsp3) is 0.909. The molecule has 2 unspecified atom stereocenters. The topological polar surface area (TPSA) is 55.6 Å². The van der Waals surface area contributed by atoms with Crippen LogP contribution in [0.25, 0.3) is 0 Å². The number of hydrogen-bond donors (Lipinski definition) is 1. The number of likely N-dealkylation sites (tertiary alicyclic amines) is 1. The molecule has 1 amide bonds. The van der Waals surface area contributed by atoms with Crippen LogP contribution in [0.2, 0.25) is 0 Å². The van der Waals surface area contributed by atoms with Crippen molar-refractivity contribution in [2.75, 3.05) is 19.8 Å². The molecule has 1 aliphatic rings. The molecule has 1 aliphatic heterocycles. The zero-order valence-electron chi connectivity index (χ0n) is 9.74. The standard InChI is InChI=1S/C11H22N2O2/c1-3-15-7-5-11(14)13-6-4-10(12)8-9(13)2/h9-10H,3-8,12H2,1-2H3. The van der Waals surface area contributed by atoms with Crippen molar-refractivity contribution in [1.82, 2.24) is 4.90 Å². The van der Waals surface area contributed by atoms with E-state index in [1.165, 1.54) is 0 Å². The predicted molar refractivity (Wildman–Crippen MR) is 59.5 cm³/mol. The Morgan fingerprint density at radius 1 is 1.60 bits per heavy atom. The van der Waals surface area contributed by atoms with Crippen LogP contribution in [0, 0.1) is 0 Å².